The topological polar surface area (TPSA) is 55.4 Å². The van der Waals surface area contributed by atoms with Gasteiger partial charge in [-0.05, 0) is 37.0 Å². The number of carbonyl (C=O) groups excluding carboxylic acids is 2. The predicted molar refractivity (Wildman–Crippen MR) is 104 cm³/mol. The minimum atomic E-state index is -1.16. The van der Waals surface area contributed by atoms with E-state index in [2.05, 4.69) is 29.6 Å². The summed E-state index contributed by atoms with van der Waals surface area (Å²) in [5, 5.41) is 3.11. The number of nitrogens with one attached hydrogen (secondary N) is 1. The van der Waals surface area contributed by atoms with E-state index in [-0.39, 0.29) is 11.3 Å². The standard InChI is InChI=1S/C23H25NO3/c1-22(15-17-9-5-6-12-19(17)20(25)27-22)21(26)24-16-23(13-7-8-14-23)18-10-3-2-4-11-18/h2-6,9-12H,7-8,13-16H2,1H3,(H,24,26). The van der Waals surface area contributed by atoms with Gasteiger partial charge in [-0.1, -0.05) is 61.4 Å². The zero-order chi connectivity index (χ0) is 18.9. The Morgan fingerprint density at radius 2 is 1.70 bits per heavy atom. The highest BCUT2D eigenvalue weighted by atomic mass is 16.6. The van der Waals surface area contributed by atoms with Crippen LogP contribution in [0.1, 0.15) is 54.1 Å². The third-order valence-corrected chi connectivity index (χ3v) is 6.10. The molecule has 1 unspecified atom stereocenters. The lowest BCUT2D eigenvalue weighted by Gasteiger charge is -2.35. The van der Waals surface area contributed by atoms with Crippen molar-refractivity contribution in [1.29, 1.82) is 0 Å². The van der Waals surface area contributed by atoms with Crippen molar-refractivity contribution in [2.24, 2.45) is 0 Å². The highest BCUT2D eigenvalue weighted by Gasteiger charge is 2.44. The summed E-state index contributed by atoms with van der Waals surface area (Å²) in [4.78, 5) is 25.4. The maximum absolute atomic E-state index is 13.0. The first-order valence-corrected chi connectivity index (χ1v) is 9.68. The molecule has 4 rings (SSSR count). The van der Waals surface area contributed by atoms with Gasteiger partial charge in [-0.3, -0.25) is 4.79 Å². The molecule has 1 N–H and O–H groups in total. The normalized spacial score (nSPS) is 23.4. The Kier molecular flexibility index (Phi) is 4.50. The maximum Gasteiger partial charge on any atom is 0.339 e. The van der Waals surface area contributed by atoms with Crippen LogP contribution in [0.15, 0.2) is 54.6 Å². The van der Waals surface area contributed by atoms with E-state index in [1.165, 1.54) is 18.4 Å². The molecule has 4 nitrogen and oxygen atoms in total. The van der Waals surface area contributed by atoms with Gasteiger partial charge >= 0.3 is 5.97 Å². The van der Waals surface area contributed by atoms with Crippen LogP contribution in [0.4, 0.5) is 0 Å². The molecule has 0 aromatic heterocycles. The lowest BCUT2D eigenvalue weighted by molar-refractivity contribution is -0.140. The molecule has 0 spiro atoms. The molecule has 1 fully saturated rings. The summed E-state index contributed by atoms with van der Waals surface area (Å²) in [6.07, 6.45) is 4.88. The van der Waals surface area contributed by atoms with Gasteiger partial charge in [-0.15, -0.1) is 0 Å². The van der Waals surface area contributed by atoms with Crippen LogP contribution in [0, 0.1) is 0 Å². The Morgan fingerprint density at radius 3 is 2.44 bits per heavy atom. The fourth-order valence-electron chi connectivity index (χ4n) is 4.51. The summed E-state index contributed by atoms with van der Waals surface area (Å²) >= 11 is 0. The van der Waals surface area contributed by atoms with E-state index in [1.54, 1.807) is 13.0 Å². The largest absolute Gasteiger partial charge is 0.445 e. The number of rotatable bonds is 4. The van der Waals surface area contributed by atoms with E-state index in [1.807, 2.05) is 24.3 Å². The summed E-state index contributed by atoms with van der Waals surface area (Å²) in [7, 11) is 0. The van der Waals surface area contributed by atoms with Crippen LogP contribution < -0.4 is 5.32 Å². The Balaban J connectivity index is 1.51. The van der Waals surface area contributed by atoms with E-state index in [4.69, 9.17) is 4.74 Å². The monoisotopic (exact) mass is 363 g/mol. The maximum atomic E-state index is 13.0. The fraction of sp³-hybridized carbons (Fsp3) is 0.391. The first-order chi connectivity index (χ1) is 13.0. The van der Waals surface area contributed by atoms with Crippen LogP contribution in [-0.2, 0) is 21.4 Å². The zero-order valence-corrected chi connectivity index (χ0v) is 15.7. The van der Waals surface area contributed by atoms with Crippen molar-refractivity contribution in [3.63, 3.8) is 0 Å². The van der Waals surface area contributed by atoms with Crippen molar-refractivity contribution >= 4 is 11.9 Å². The Bertz CT molecular complexity index is 855. The van der Waals surface area contributed by atoms with Gasteiger partial charge in [0.25, 0.3) is 5.91 Å². The minimum Gasteiger partial charge on any atom is -0.445 e. The Hall–Kier alpha value is -2.62. The highest BCUT2D eigenvalue weighted by Crippen LogP contribution is 2.40. The van der Waals surface area contributed by atoms with Crippen molar-refractivity contribution < 1.29 is 14.3 Å². The molecule has 2 aromatic rings. The van der Waals surface area contributed by atoms with Gasteiger partial charge in [0.05, 0.1) is 5.56 Å². The van der Waals surface area contributed by atoms with Gasteiger partial charge in [-0.25, -0.2) is 4.79 Å². The van der Waals surface area contributed by atoms with Gasteiger partial charge in [-0.2, -0.15) is 0 Å². The summed E-state index contributed by atoms with van der Waals surface area (Å²) in [5.41, 5.74) is 1.51. The average molecular weight is 363 g/mol. The van der Waals surface area contributed by atoms with Crippen LogP contribution in [0.3, 0.4) is 0 Å². The highest BCUT2D eigenvalue weighted by molar-refractivity contribution is 5.97. The minimum absolute atomic E-state index is 0.0239. The molecule has 1 aliphatic carbocycles. The molecule has 4 heteroatoms. The van der Waals surface area contributed by atoms with Crippen LogP contribution in [0.5, 0.6) is 0 Å². The van der Waals surface area contributed by atoms with Gasteiger partial charge in [0.1, 0.15) is 0 Å². The van der Waals surface area contributed by atoms with Gasteiger partial charge in [0, 0.05) is 18.4 Å². The number of carbonyl (C=O) groups is 2. The molecule has 0 saturated heterocycles. The molecule has 2 aromatic carbocycles. The van der Waals surface area contributed by atoms with E-state index in [0.717, 1.165) is 18.4 Å². The van der Waals surface area contributed by atoms with Crippen LogP contribution in [-0.4, -0.2) is 24.0 Å². The second-order valence-electron chi connectivity index (χ2n) is 7.99. The molecule has 140 valence electrons. The smallest absolute Gasteiger partial charge is 0.339 e. The van der Waals surface area contributed by atoms with Crippen molar-refractivity contribution in [2.45, 2.75) is 50.0 Å². The van der Waals surface area contributed by atoms with E-state index in [9.17, 15) is 9.59 Å². The third kappa shape index (κ3) is 3.25. The molecule has 2 aliphatic rings. The zero-order valence-electron chi connectivity index (χ0n) is 15.7. The summed E-state index contributed by atoms with van der Waals surface area (Å²) in [5.74, 6) is -0.638. The fourth-order valence-corrected chi connectivity index (χ4v) is 4.51. The number of esters is 1. The summed E-state index contributed by atoms with van der Waals surface area (Å²) in [6, 6.07) is 17.8. The Morgan fingerprint density at radius 1 is 1.04 bits per heavy atom. The number of amides is 1. The SMILES string of the molecule is CC1(C(=O)NCC2(c3ccccc3)CCCC2)Cc2ccccc2C(=O)O1. The first kappa shape index (κ1) is 17.8. The van der Waals surface area contributed by atoms with Crippen molar-refractivity contribution in [3.05, 3.63) is 71.3 Å². The second kappa shape index (κ2) is 6.84. The summed E-state index contributed by atoms with van der Waals surface area (Å²) in [6.45, 7) is 2.28. The van der Waals surface area contributed by atoms with Gasteiger partial charge < -0.3 is 10.1 Å². The number of benzene rings is 2. The third-order valence-electron chi connectivity index (χ3n) is 6.10. The van der Waals surface area contributed by atoms with E-state index < -0.39 is 11.6 Å². The molecule has 1 heterocycles. The second-order valence-corrected chi connectivity index (χ2v) is 7.99. The molecule has 27 heavy (non-hydrogen) atoms. The van der Waals surface area contributed by atoms with Crippen LogP contribution in [0.2, 0.25) is 0 Å². The number of cyclic esters (lactones) is 1. The van der Waals surface area contributed by atoms with E-state index >= 15 is 0 Å². The number of hydrogen-bond acceptors (Lipinski definition) is 3. The lowest BCUT2D eigenvalue weighted by atomic mass is 9.78. The van der Waals surface area contributed by atoms with Gasteiger partial charge in [0.15, 0.2) is 5.60 Å². The molecule has 0 bridgehead atoms. The molecular formula is C23H25NO3. The predicted octanol–water partition coefficient (Wildman–Crippen LogP) is 3.79. The summed E-state index contributed by atoms with van der Waals surface area (Å²) < 4.78 is 5.56. The molecule has 1 atom stereocenters. The molecule has 1 saturated carbocycles. The van der Waals surface area contributed by atoms with Crippen molar-refractivity contribution in [1.82, 2.24) is 5.32 Å². The van der Waals surface area contributed by atoms with Crippen molar-refractivity contribution in [2.75, 3.05) is 6.54 Å². The first-order valence-electron chi connectivity index (χ1n) is 9.68. The number of fused-ring (bicyclic) bond motifs is 1. The molecule has 1 amide bonds. The Labute approximate surface area is 159 Å². The van der Waals surface area contributed by atoms with Gasteiger partial charge in [0.2, 0.25) is 0 Å². The molecule has 1 aliphatic heterocycles. The average Bonchev–Trinajstić information content (AvgIpc) is 3.17. The molecular weight excluding hydrogens is 338 g/mol. The van der Waals surface area contributed by atoms with Crippen LogP contribution >= 0.6 is 0 Å². The van der Waals surface area contributed by atoms with Crippen LogP contribution in [0.25, 0.3) is 0 Å². The number of ether oxygens (including phenoxy) is 1. The van der Waals surface area contributed by atoms with E-state index in [0.29, 0.717) is 18.5 Å². The lowest BCUT2D eigenvalue weighted by Crippen LogP contribution is -2.53. The molecule has 0 radical (unpaired) electrons. The quantitative estimate of drug-likeness (QED) is 0.841. The number of hydrogen-bond donors (Lipinski definition) is 1. The van der Waals surface area contributed by atoms with Crippen molar-refractivity contribution in [3.8, 4) is 0 Å².